The second-order valence-corrected chi connectivity index (χ2v) is 13.2. The Balaban J connectivity index is 1.07. The van der Waals surface area contributed by atoms with E-state index in [2.05, 4.69) is 193 Å². The Bertz CT molecular complexity index is 2540. The largest absolute Gasteiger partial charge is 0.311 e. The topological polar surface area (TPSA) is 3.24 Å². The maximum atomic E-state index is 2.33. The highest BCUT2D eigenvalue weighted by Crippen LogP contribution is 2.42. The van der Waals surface area contributed by atoms with Gasteiger partial charge in [-0.05, 0) is 98.8 Å². The van der Waals surface area contributed by atoms with E-state index >= 15 is 0 Å². The molecule has 2 heteroatoms. The minimum Gasteiger partial charge on any atom is -0.311 e. The van der Waals surface area contributed by atoms with E-state index in [9.17, 15) is 0 Å². The zero-order valence-electron chi connectivity index (χ0n) is 26.3. The minimum atomic E-state index is 1.12. The minimum absolute atomic E-state index is 1.12. The van der Waals surface area contributed by atoms with Crippen molar-refractivity contribution in [2.24, 2.45) is 0 Å². The summed E-state index contributed by atoms with van der Waals surface area (Å²) in [6.07, 6.45) is 0. The Labute approximate surface area is 284 Å². The van der Waals surface area contributed by atoms with Crippen LogP contribution < -0.4 is 4.90 Å². The zero-order chi connectivity index (χ0) is 31.9. The Kier molecular flexibility index (Phi) is 7.07. The summed E-state index contributed by atoms with van der Waals surface area (Å²) >= 11 is 1.86. The summed E-state index contributed by atoms with van der Waals surface area (Å²) < 4.78 is 2.65. The molecule has 0 saturated heterocycles. The first-order chi connectivity index (χ1) is 23.8. The third kappa shape index (κ3) is 5.04. The molecule has 0 spiro atoms. The van der Waals surface area contributed by atoms with Crippen molar-refractivity contribution in [3.05, 3.63) is 188 Å². The second kappa shape index (κ2) is 12.0. The van der Waals surface area contributed by atoms with Gasteiger partial charge in [-0.2, -0.15) is 0 Å². The van der Waals surface area contributed by atoms with Gasteiger partial charge in [0.15, 0.2) is 0 Å². The maximum absolute atomic E-state index is 2.33. The summed E-state index contributed by atoms with van der Waals surface area (Å²) in [6, 6.07) is 68.0. The predicted molar refractivity (Wildman–Crippen MR) is 208 cm³/mol. The molecule has 0 saturated carbocycles. The van der Waals surface area contributed by atoms with Gasteiger partial charge >= 0.3 is 0 Å². The highest BCUT2D eigenvalue weighted by Gasteiger charge is 2.15. The number of fused-ring (bicyclic) bond motifs is 4. The van der Waals surface area contributed by atoms with Crippen LogP contribution in [0.1, 0.15) is 0 Å². The second-order valence-electron chi connectivity index (χ2n) is 12.1. The molecule has 226 valence electrons. The number of nitrogens with zero attached hydrogens (tertiary/aromatic N) is 1. The van der Waals surface area contributed by atoms with E-state index in [1.54, 1.807) is 0 Å². The van der Waals surface area contributed by atoms with Crippen molar-refractivity contribution in [1.29, 1.82) is 0 Å². The molecule has 0 aliphatic carbocycles. The van der Waals surface area contributed by atoms with E-state index in [1.807, 2.05) is 11.3 Å². The molecule has 8 aromatic carbocycles. The van der Waals surface area contributed by atoms with Crippen LogP contribution in [0.5, 0.6) is 0 Å². The predicted octanol–water partition coefficient (Wildman–Crippen LogP) is 13.7. The Morgan fingerprint density at radius 2 is 0.896 bits per heavy atom. The average Bonchev–Trinajstić information content (AvgIpc) is 3.55. The molecular formula is C46H31NS. The zero-order valence-corrected chi connectivity index (χ0v) is 27.1. The Morgan fingerprint density at radius 1 is 0.333 bits per heavy atom. The van der Waals surface area contributed by atoms with Crippen LogP contribution in [0.2, 0.25) is 0 Å². The summed E-state index contributed by atoms with van der Waals surface area (Å²) in [5.74, 6) is 0. The molecule has 0 unspecified atom stereocenters. The van der Waals surface area contributed by atoms with Crippen molar-refractivity contribution in [2.75, 3.05) is 4.90 Å². The van der Waals surface area contributed by atoms with Gasteiger partial charge in [-0.15, -0.1) is 11.3 Å². The standard InChI is InChI=1S/C46H31NS/c1-2-15-37(16-3-1)47(39-29-25-34(26-30-39)42-20-10-22-45-46(42)43-18-6-7-21-44(43)48-45)38-27-23-32(24-28-38)35-13-8-14-36(31-35)41-19-9-12-33-11-4-5-17-40(33)41/h1-31H. The summed E-state index contributed by atoms with van der Waals surface area (Å²) in [7, 11) is 0. The van der Waals surface area contributed by atoms with Crippen LogP contribution in [0.4, 0.5) is 17.1 Å². The van der Waals surface area contributed by atoms with Crippen molar-refractivity contribution in [1.82, 2.24) is 0 Å². The molecule has 48 heavy (non-hydrogen) atoms. The smallest absolute Gasteiger partial charge is 0.0462 e. The van der Waals surface area contributed by atoms with Crippen LogP contribution in [0.25, 0.3) is 64.3 Å². The van der Waals surface area contributed by atoms with E-state index in [0.717, 1.165) is 17.1 Å². The number of hydrogen-bond donors (Lipinski definition) is 0. The molecule has 0 atom stereocenters. The van der Waals surface area contributed by atoms with Crippen LogP contribution in [-0.2, 0) is 0 Å². The van der Waals surface area contributed by atoms with E-state index in [1.165, 1.54) is 64.3 Å². The van der Waals surface area contributed by atoms with Gasteiger partial charge in [-0.25, -0.2) is 0 Å². The van der Waals surface area contributed by atoms with Crippen LogP contribution in [0.15, 0.2) is 188 Å². The number of hydrogen-bond acceptors (Lipinski definition) is 2. The van der Waals surface area contributed by atoms with Crippen molar-refractivity contribution in [2.45, 2.75) is 0 Å². The highest BCUT2D eigenvalue weighted by molar-refractivity contribution is 7.25. The molecule has 1 aromatic heterocycles. The lowest BCUT2D eigenvalue weighted by Gasteiger charge is -2.26. The molecule has 0 N–H and O–H groups in total. The van der Waals surface area contributed by atoms with Crippen molar-refractivity contribution < 1.29 is 0 Å². The summed E-state index contributed by atoms with van der Waals surface area (Å²) in [5.41, 5.74) is 10.8. The lowest BCUT2D eigenvalue weighted by atomic mass is 9.95. The van der Waals surface area contributed by atoms with Crippen LogP contribution in [-0.4, -0.2) is 0 Å². The first-order valence-corrected chi connectivity index (χ1v) is 17.2. The van der Waals surface area contributed by atoms with Gasteiger partial charge in [0, 0.05) is 37.2 Å². The third-order valence-electron chi connectivity index (χ3n) is 9.28. The van der Waals surface area contributed by atoms with Gasteiger partial charge in [0.2, 0.25) is 0 Å². The van der Waals surface area contributed by atoms with E-state index in [4.69, 9.17) is 0 Å². The van der Waals surface area contributed by atoms with E-state index in [0.29, 0.717) is 0 Å². The summed E-state index contributed by atoms with van der Waals surface area (Å²) in [5, 5.41) is 5.20. The molecule has 1 heterocycles. The highest BCUT2D eigenvalue weighted by atomic mass is 32.1. The number of thiophene rings is 1. The van der Waals surface area contributed by atoms with E-state index < -0.39 is 0 Å². The SMILES string of the molecule is c1ccc(N(c2ccc(-c3cccc(-c4cccc5ccccc45)c3)cc2)c2ccc(-c3cccc4sc5ccccc5c34)cc2)cc1. The van der Waals surface area contributed by atoms with Crippen molar-refractivity contribution >= 4 is 59.3 Å². The van der Waals surface area contributed by atoms with Crippen molar-refractivity contribution in [3.8, 4) is 33.4 Å². The van der Waals surface area contributed by atoms with Gasteiger partial charge in [-0.3, -0.25) is 0 Å². The molecule has 1 nitrogen and oxygen atoms in total. The number of benzene rings is 8. The Hall–Kier alpha value is -5.96. The third-order valence-corrected chi connectivity index (χ3v) is 10.4. The Morgan fingerprint density at radius 3 is 1.71 bits per heavy atom. The van der Waals surface area contributed by atoms with Gasteiger partial charge < -0.3 is 4.90 Å². The average molecular weight is 630 g/mol. The summed E-state index contributed by atoms with van der Waals surface area (Å²) in [4.78, 5) is 2.33. The normalized spacial score (nSPS) is 11.3. The first kappa shape index (κ1) is 28.3. The molecule has 0 aliphatic rings. The maximum Gasteiger partial charge on any atom is 0.0462 e. The summed E-state index contributed by atoms with van der Waals surface area (Å²) in [6.45, 7) is 0. The molecule has 0 amide bonds. The van der Waals surface area contributed by atoms with Crippen LogP contribution >= 0.6 is 11.3 Å². The van der Waals surface area contributed by atoms with Crippen LogP contribution in [0, 0.1) is 0 Å². The molecule has 0 fully saturated rings. The quantitative estimate of drug-likeness (QED) is 0.177. The number of anilines is 3. The molecule has 9 rings (SSSR count). The van der Waals surface area contributed by atoms with Crippen molar-refractivity contribution in [3.63, 3.8) is 0 Å². The fourth-order valence-electron chi connectivity index (χ4n) is 6.98. The van der Waals surface area contributed by atoms with Gasteiger partial charge in [0.25, 0.3) is 0 Å². The fourth-order valence-corrected chi connectivity index (χ4v) is 8.11. The molecule has 9 aromatic rings. The van der Waals surface area contributed by atoms with Gasteiger partial charge in [0.1, 0.15) is 0 Å². The van der Waals surface area contributed by atoms with Gasteiger partial charge in [0.05, 0.1) is 0 Å². The molecule has 0 bridgehead atoms. The molecular weight excluding hydrogens is 599 g/mol. The van der Waals surface area contributed by atoms with Crippen LogP contribution in [0.3, 0.4) is 0 Å². The number of para-hydroxylation sites is 1. The van der Waals surface area contributed by atoms with Gasteiger partial charge in [-0.1, -0.05) is 133 Å². The lowest BCUT2D eigenvalue weighted by Crippen LogP contribution is -2.09. The monoisotopic (exact) mass is 629 g/mol. The number of rotatable bonds is 6. The molecule has 0 aliphatic heterocycles. The molecule has 0 radical (unpaired) electrons. The van der Waals surface area contributed by atoms with E-state index in [-0.39, 0.29) is 0 Å². The fraction of sp³-hybridized carbons (Fsp3) is 0. The lowest BCUT2D eigenvalue weighted by molar-refractivity contribution is 1.28. The first-order valence-electron chi connectivity index (χ1n) is 16.3.